The number of nitrogens with zero attached hydrogens (tertiary/aromatic N) is 3. The molecule has 6 nitrogen and oxygen atoms in total. The topological polar surface area (TPSA) is 61.5 Å². The maximum atomic E-state index is 11.5. The van der Waals surface area contributed by atoms with Crippen molar-refractivity contribution < 1.29 is 9.53 Å². The zero-order valence-corrected chi connectivity index (χ0v) is 19.2. The predicted molar refractivity (Wildman–Crippen MR) is 133 cm³/mol. The fraction of sp³-hybridized carbons (Fsp3) is 0.231. The molecule has 0 saturated carbocycles. The molecule has 0 aliphatic carbocycles. The second kappa shape index (κ2) is 9.25. The van der Waals surface area contributed by atoms with Crippen LogP contribution < -0.4 is 4.90 Å². The van der Waals surface area contributed by atoms with Crippen LogP contribution in [-0.4, -0.2) is 60.7 Å². The SMILES string of the molecule is COC(=O)CN1CCN(c2ccc(-c3ccc(-c4nc5ccc(Cl)cc5[nH]4)cc3)cc2)CC1. The normalized spacial score (nSPS) is 14.5. The summed E-state index contributed by atoms with van der Waals surface area (Å²) in [5.74, 6) is 0.657. The largest absolute Gasteiger partial charge is 0.468 e. The smallest absolute Gasteiger partial charge is 0.319 e. The van der Waals surface area contributed by atoms with E-state index >= 15 is 0 Å². The zero-order valence-electron chi connectivity index (χ0n) is 18.4. The molecule has 33 heavy (non-hydrogen) atoms. The Morgan fingerprint density at radius 2 is 1.58 bits per heavy atom. The average molecular weight is 461 g/mol. The Morgan fingerprint density at radius 1 is 0.939 bits per heavy atom. The third kappa shape index (κ3) is 4.72. The van der Waals surface area contributed by atoms with E-state index in [1.54, 1.807) is 0 Å². The maximum absolute atomic E-state index is 11.5. The number of hydrogen-bond acceptors (Lipinski definition) is 5. The van der Waals surface area contributed by atoms with Gasteiger partial charge in [0.2, 0.25) is 0 Å². The number of nitrogens with one attached hydrogen (secondary N) is 1. The van der Waals surface area contributed by atoms with Crippen molar-refractivity contribution in [2.24, 2.45) is 0 Å². The maximum Gasteiger partial charge on any atom is 0.319 e. The molecule has 3 aromatic carbocycles. The van der Waals surface area contributed by atoms with Crippen molar-refractivity contribution in [2.75, 3.05) is 44.7 Å². The van der Waals surface area contributed by atoms with Gasteiger partial charge < -0.3 is 14.6 Å². The Bertz CT molecular complexity index is 1260. The fourth-order valence-corrected chi connectivity index (χ4v) is 4.39. The number of methoxy groups -OCH3 is 1. The first-order valence-electron chi connectivity index (χ1n) is 11.0. The van der Waals surface area contributed by atoms with E-state index in [0.29, 0.717) is 11.6 Å². The second-order valence-corrected chi connectivity index (χ2v) is 8.65. The van der Waals surface area contributed by atoms with Gasteiger partial charge in [-0.1, -0.05) is 48.0 Å². The fourth-order valence-electron chi connectivity index (χ4n) is 4.22. The summed E-state index contributed by atoms with van der Waals surface area (Å²) in [6, 6.07) is 22.7. The molecular weight excluding hydrogens is 436 g/mol. The number of piperazine rings is 1. The first kappa shape index (κ1) is 21.5. The molecule has 168 valence electrons. The summed E-state index contributed by atoms with van der Waals surface area (Å²) < 4.78 is 4.77. The number of anilines is 1. The van der Waals surface area contributed by atoms with Crippen LogP contribution in [0.25, 0.3) is 33.5 Å². The van der Waals surface area contributed by atoms with E-state index in [2.05, 4.69) is 68.3 Å². The van der Waals surface area contributed by atoms with Crippen LogP contribution in [0.15, 0.2) is 66.7 Å². The number of fused-ring (bicyclic) bond motifs is 1. The van der Waals surface area contributed by atoms with Gasteiger partial charge in [-0.15, -0.1) is 0 Å². The van der Waals surface area contributed by atoms with Gasteiger partial charge in [-0.25, -0.2) is 4.98 Å². The van der Waals surface area contributed by atoms with Gasteiger partial charge >= 0.3 is 5.97 Å². The highest BCUT2D eigenvalue weighted by Gasteiger charge is 2.19. The molecule has 0 spiro atoms. The number of rotatable bonds is 5. The van der Waals surface area contributed by atoms with Crippen LogP contribution in [0.2, 0.25) is 5.02 Å². The van der Waals surface area contributed by atoms with Crippen LogP contribution in [0.3, 0.4) is 0 Å². The molecule has 0 amide bonds. The van der Waals surface area contributed by atoms with Crippen LogP contribution >= 0.6 is 11.6 Å². The molecule has 0 unspecified atom stereocenters. The van der Waals surface area contributed by atoms with E-state index in [1.165, 1.54) is 18.4 Å². The Morgan fingerprint density at radius 3 is 2.24 bits per heavy atom. The van der Waals surface area contributed by atoms with E-state index in [0.717, 1.165) is 54.2 Å². The number of benzene rings is 3. The molecule has 1 saturated heterocycles. The number of aromatic nitrogens is 2. The van der Waals surface area contributed by atoms with E-state index < -0.39 is 0 Å². The van der Waals surface area contributed by atoms with Gasteiger partial charge in [0.25, 0.3) is 0 Å². The highest BCUT2D eigenvalue weighted by atomic mass is 35.5. The molecule has 7 heteroatoms. The standard InChI is InChI=1S/C26H25ClN4O2/c1-33-25(32)17-30-12-14-31(15-13-30)22-9-6-19(7-10-22)18-2-4-20(5-3-18)26-28-23-11-8-21(27)16-24(23)29-26/h2-11,16H,12-15,17H2,1H3,(H,28,29). The summed E-state index contributed by atoms with van der Waals surface area (Å²) in [7, 11) is 1.43. The molecule has 2 heterocycles. The number of ether oxygens (including phenoxy) is 1. The first-order chi connectivity index (χ1) is 16.1. The lowest BCUT2D eigenvalue weighted by Crippen LogP contribution is -2.48. The van der Waals surface area contributed by atoms with E-state index in [1.807, 2.05) is 18.2 Å². The number of esters is 1. The van der Waals surface area contributed by atoms with Crippen molar-refractivity contribution in [3.63, 3.8) is 0 Å². The molecule has 4 aromatic rings. The number of carbonyl (C=O) groups is 1. The van der Waals surface area contributed by atoms with Gasteiger partial charge in [-0.3, -0.25) is 9.69 Å². The van der Waals surface area contributed by atoms with Crippen molar-refractivity contribution in [2.45, 2.75) is 0 Å². The minimum absolute atomic E-state index is 0.177. The summed E-state index contributed by atoms with van der Waals surface area (Å²) in [5.41, 5.74) is 6.41. The van der Waals surface area contributed by atoms with Crippen LogP contribution in [0.1, 0.15) is 0 Å². The van der Waals surface area contributed by atoms with Gasteiger partial charge in [0, 0.05) is 42.5 Å². The van der Waals surface area contributed by atoms with Crippen LogP contribution in [0, 0.1) is 0 Å². The Hall–Kier alpha value is -3.35. The average Bonchev–Trinajstić information content (AvgIpc) is 3.28. The molecule has 0 atom stereocenters. The molecule has 1 aliphatic heterocycles. The van der Waals surface area contributed by atoms with E-state index in [9.17, 15) is 4.79 Å². The van der Waals surface area contributed by atoms with Crippen molar-refractivity contribution >= 4 is 34.3 Å². The highest BCUT2D eigenvalue weighted by molar-refractivity contribution is 6.31. The summed E-state index contributed by atoms with van der Waals surface area (Å²) in [5, 5.41) is 0.694. The first-order valence-corrected chi connectivity index (χ1v) is 11.4. The molecule has 1 aliphatic rings. The van der Waals surface area contributed by atoms with Crippen molar-refractivity contribution in [3.05, 3.63) is 71.8 Å². The molecule has 5 rings (SSSR count). The number of hydrogen-bond donors (Lipinski definition) is 1. The highest BCUT2D eigenvalue weighted by Crippen LogP contribution is 2.27. The molecule has 0 bridgehead atoms. The molecule has 1 aromatic heterocycles. The van der Waals surface area contributed by atoms with Crippen LogP contribution in [-0.2, 0) is 9.53 Å². The number of halogens is 1. The van der Waals surface area contributed by atoms with Gasteiger partial charge in [0.15, 0.2) is 0 Å². The van der Waals surface area contributed by atoms with Crippen LogP contribution in [0.5, 0.6) is 0 Å². The second-order valence-electron chi connectivity index (χ2n) is 8.21. The van der Waals surface area contributed by atoms with Crippen molar-refractivity contribution in [3.8, 4) is 22.5 Å². The Balaban J connectivity index is 1.25. The third-order valence-electron chi connectivity index (χ3n) is 6.12. The number of aromatic amines is 1. The van der Waals surface area contributed by atoms with Gasteiger partial charge in [0.1, 0.15) is 5.82 Å². The van der Waals surface area contributed by atoms with Crippen molar-refractivity contribution in [1.29, 1.82) is 0 Å². The van der Waals surface area contributed by atoms with Gasteiger partial charge in [-0.2, -0.15) is 0 Å². The summed E-state index contributed by atoms with van der Waals surface area (Å²) >= 11 is 6.08. The van der Waals surface area contributed by atoms with E-state index in [4.69, 9.17) is 16.3 Å². The van der Waals surface area contributed by atoms with Crippen molar-refractivity contribution in [1.82, 2.24) is 14.9 Å². The van der Waals surface area contributed by atoms with Crippen LogP contribution in [0.4, 0.5) is 5.69 Å². The summed E-state index contributed by atoms with van der Waals surface area (Å²) in [4.78, 5) is 24.0. The number of H-pyrrole nitrogens is 1. The quantitative estimate of drug-likeness (QED) is 0.431. The lowest BCUT2D eigenvalue weighted by molar-refractivity contribution is -0.142. The molecule has 1 fully saturated rings. The zero-order chi connectivity index (χ0) is 22.8. The lowest BCUT2D eigenvalue weighted by atomic mass is 10.0. The minimum Gasteiger partial charge on any atom is -0.468 e. The number of carbonyl (C=O) groups excluding carboxylic acids is 1. The Kier molecular flexibility index (Phi) is 6.03. The van der Waals surface area contributed by atoms with E-state index in [-0.39, 0.29) is 5.97 Å². The molecule has 0 radical (unpaired) electrons. The predicted octanol–water partition coefficient (Wildman–Crippen LogP) is 4.85. The van der Waals surface area contributed by atoms with Gasteiger partial charge in [0.05, 0.1) is 24.7 Å². The lowest BCUT2D eigenvalue weighted by Gasteiger charge is -2.35. The summed E-state index contributed by atoms with van der Waals surface area (Å²) in [6.45, 7) is 3.86. The summed E-state index contributed by atoms with van der Waals surface area (Å²) in [6.07, 6.45) is 0. The Labute approximate surface area is 197 Å². The minimum atomic E-state index is -0.177. The molecular formula is C26H25ClN4O2. The molecule has 1 N–H and O–H groups in total. The third-order valence-corrected chi connectivity index (χ3v) is 6.36. The monoisotopic (exact) mass is 460 g/mol. The number of imidazole rings is 1. The van der Waals surface area contributed by atoms with Gasteiger partial charge in [-0.05, 0) is 41.5 Å².